The molecule has 0 saturated carbocycles. The first-order chi connectivity index (χ1) is 14.4. The lowest BCUT2D eigenvalue weighted by Crippen LogP contribution is -2.29. The Morgan fingerprint density at radius 2 is 1.20 bits per heavy atom. The maximum atomic E-state index is 13.5. The molecule has 1 amide bonds. The van der Waals surface area contributed by atoms with Gasteiger partial charge in [-0.05, 0) is 66.2 Å². The summed E-state index contributed by atoms with van der Waals surface area (Å²) in [5.74, 6) is -3.97. The molecule has 1 N–H and O–H groups in total. The van der Waals surface area contributed by atoms with Crippen LogP contribution in [-0.2, 0) is 9.59 Å². The largest absolute Gasteiger partial charge is 0.507 e. The summed E-state index contributed by atoms with van der Waals surface area (Å²) in [6.07, 6.45) is 0. The molecule has 0 aromatic heterocycles. The number of hydrogen-bond donors (Lipinski definition) is 1. The molecule has 1 saturated heterocycles. The van der Waals surface area contributed by atoms with E-state index in [-0.39, 0.29) is 16.8 Å². The second-order valence-corrected chi connectivity index (χ2v) is 6.70. The van der Waals surface area contributed by atoms with Gasteiger partial charge in [-0.1, -0.05) is 12.1 Å². The van der Waals surface area contributed by atoms with Gasteiger partial charge in [-0.25, -0.2) is 13.2 Å². The third kappa shape index (κ3) is 3.34. The minimum absolute atomic E-state index is 0.139. The van der Waals surface area contributed by atoms with Gasteiger partial charge in [0, 0.05) is 11.3 Å². The van der Waals surface area contributed by atoms with Crippen LogP contribution in [0.1, 0.15) is 17.2 Å². The fraction of sp³-hybridized carbons (Fsp3) is 0.0435. The van der Waals surface area contributed by atoms with Crippen molar-refractivity contribution in [3.05, 3.63) is 107 Å². The first kappa shape index (κ1) is 19.4. The number of carbonyl (C=O) groups excluding carboxylic acids is 2. The van der Waals surface area contributed by atoms with Crippen molar-refractivity contribution < 1.29 is 27.9 Å². The molecule has 0 radical (unpaired) electrons. The summed E-state index contributed by atoms with van der Waals surface area (Å²) >= 11 is 0. The Balaban J connectivity index is 1.93. The van der Waals surface area contributed by atoms with Gasteiger partial charge in [0.15, 0.2) is 0 Å². The van der Waals surface area contributed by atoms with Crippen LogP contribution < -0.4 is 4.90 Å². The topological polar surface area (TPSA) is 57.6 Å². The van der Waals surface area contributed by atoms with E-state index in [1.807, 2.05) is 0 Å². The van der Waals surface area contributed by atoms with Gasteiger partial charge < -0.3 is 5.11 Å². The van der Waals surface area contributed by atoms with E-state index in [0.717, 1.165) is 41.3 Å². The molecule has 7 heteroatoms. The number of rotatable bonds is 3. The molecule has 150 valence electrons. The minimum Gasteiger partial charge on any atom is -0.507 e. The van der Waals surface area contributed by atoms with Crippen LogP contribution in [0.3, 0.4) is 0 Å². The molecule has 3 aromatic carbocycles. The molecule has 4 nitrogen and oxygen atoms in total. The van der Waals surface area contributed by atoms with E-state index in [1.54, 1.807) is 0 Å². The van der Waals surface area contributed by atoms with Gasteiger partial charge in [-0.2, -0.15) is 0 Å². The third-order valence-corrected chi connectivity index (χ3v) is 4.85. The lowest BCUT2D eigenvalue weighted by Gasteiger charge is -2.25. The number of anilines is 1. The summed E-state index contributed by atoms with van der Waals surface area (Å²) < 4.78 is 40.1. The first-order valence-electron chi connectivity index (χ1n) is 8.95. The molecular weight excluding hydrogens is 395 g/mol. The van der Waals surface area contributed by atoms with Gasteiger partial charge in [0.1, 0.15) is 23.2 Å². The molecular formula is C23H14F3NO3. The zero-order valence-electron chi connectivity index (χ0n) is 15.4. The van der Waals surface area contributed by atoms with Crippen molar-refractivity contribution in [1.29, 1.82) is 0 Å². The monoisotopic (exact) mass is 409 g/mol. The van der Waals surface area contributed by atoms with Crippen LogP contribution in [0.25, 0.3) is 5.76 Å². The molecule has 4 rings (SSSR count). The molecule has 0 aliphatic carbocycles. The predicted molar refractivity (Wildman–Crippen MR) is 104 cm³/mol. The van der Waals surface area contributed by atoms with E-state index in [0.29, 0.717) is 5.56 Å². The van der Waals surface area contributed by atoms with Crippen molar-refractivity contribution in [1.82, 2.24) is 0 Å². The highest BCUT2D eigenvalue weighted by Crippen LogP contribution is 2.42. The van der Waals surface area contributed by atoms with Crippen LogP contribution in [0.5, 0.6) is 0 Å². The summed E-state index contributed by atoms with van der Waals surface area (Å²) in [7, 11) is 0. The van der Waals surface area contributed by atoms with Crippen LogP contribution in [0.15, 0.2) is 78.4 Å². The number of aliphatic hydroxyl groups excluding tert-OH is 1. The Hall–Kier alpha value is -3.87. The molecule has 1 fully saturated rings. The molecule has 3 aromatic rings. The SMILES string of the molecule is O=C1C(=O)N(c2ccc(F)cc2)C(c2ccc(F)cc2)/C1=C(\O)c1ccc(F)cc1. The van der Waals surface area contributed by atoms with Crippen molar-refractivity contribution in [3.63, 3.8) is 0 Å². The van der Waals surface area contributed by atoms with Gasteiger partial charge >= 0.3 is 0 Å². The van der Waals surface area contributed by atoms with E-state index in [1.165, 1.54) is 36.4 Å². The molecule has 1 unspecified atom stereocenters. The summed E-state index contributed by atoms with van der Waals surface area (Å²) in [6.45, 7) is 0. The summed E-state index contributed by atoms with van der Waals surface area (Å²) in [5, 5.41) is 10.8. The number of hydrogen-bond acceptors (Lipinski definition) is 3. The number of amides is 1. The van der Waals surface area contributed by atoms with Crippen LogP contribution in [0.2, 0.25) is 0 Å². The van der Waals surface area contributed by atoms with Gasteiger partial charge in [0.2, 0.25) is 0 Å². The van der Waals surface area contributed by atoms with Crippen LogP contribution in [0, 0.1) is 17.5 Å². The highest BCUT2D eigenvalue weighted by molar-refractivity contribution is 6.51. The molecule has 1 aliphatic heterocycles. The Kier molecular flexibility index (Phi) is 4.87. The van der Waals surface area contributed by atoms with Crippen molar-refractivity contribution in [2.45, 2.75) is 6.04 Å². The predicted octanol–water partition coefficient (Wildman–Crippen LogP) is 4.73. The number of halogens is 3. The van der Waals surface area contributed by atoms with E-state index in [4.69, 9.17) is 0 Å². The highest BCUT2D eigenvalue weighted by atomic mass is 19.1. The van der Waals surface area contributed by atoms with Crippen molar-refractivity contribution in [2.24, 2.45) is 0 Å². The summed E-state index contributed by atoms with van der Waals surface area (Å²) in [4.78, 5) is 26.8. The Morgan fingerprint density at radius 1 is 0.733 bits per heavy atom. The Labute approximate surface area is 169 Å². The van der Waals surface area contributed by atoms with E-state index >= 15 is 0 Å². The second-order valence-electron chi connectivity index (χ2n) is 6.70. The van der Waals surface area contributed by atoms with Crippen molar-refractivity contribution in [3.8, 4) is 0 Å². The third-order valence-electron chi connectivity index (χ3n) is 4.85. The number of benzene rings is 3. The number of ketones is 1. The average Bonchev–Trinajstić information content (AvgIpc) is 3.00. The zero-order valence-corrected chi connectivity index (χ0v) is 15.4. The van der Waals surface area contributed by atoms with Gasteiger partial charge in [0.05, 0.1) is 11.6 Å². The quantitative estimate of drug-likeness (QED) is 0.387. The summed E-state index contributed by atoms with van der Waals surface area (Å²) in [5.41, 5.74) is 0.498. The first-order valence-corrected chi connectivity index (χ1v) is 8.95. The fourth-order valence-electron chi connectivity index (χ4n) is 3.42. The second kappa shape index (κ2) is 7.51. The number of Topliss-reactive ketones (excluding diaryl/α,β-unsaturated/α-hetero) is 1. The van der Waals surface area contributed by atoms with Crippen molar-refractivity contribution >= 4 is 23.1 Å². The normalized spacial score (nSPS) is 18.1. The molecule has 30 heavy (non-hydrogen) atoms. The Morgan fingerprint density at radius 3 is 1.73 bits per heavy atom. The van der Waals surface area contributed by atoms with E-state index < -0.39 is 40.9 Å². The molecule has 0 spiro atoms. The molecule has 1 atom stereocenters. The smallest absolute Gasteiger partial charge is 0.300 e. The van der Waals surface area contributed by atoms with E-state index in [2.05, 4.69) is 0 Å². The lowest BCUT2D eigenvalue weighted by molar-refractivity contribution is -0.132. The molecule has 1 aliphatic rings. The standard InChI is InChI=1S/C23H14F3NO3/c24-15-5-1-13(2-6-15)20-19(21(28)14-3-7-16(25)8-4-14)22(29)23(30)27(20)18-11-9-17(26)10-12-18/h1-12,20,28H/b21-19+. The molecule has 0 bridgehead atoms. The zero-order chi connectivity index (χ0) is 21.4. The number of aliphatic hydroxyl groups is 1. The Bertz CT molecular complexity index is 1150. The minimum atomic E-state index is -1.08. The van der Waals surface area contributed by atoms with E-state index in [9.17, 15) is 27.9 Å². The fourth-order valence-corrected chi connectivity index (χ4v) is 3.42. The lowest BCUT2D eigenvalue weighted by atomic mass is 9.95. The maximum absolute atomic E-state index is 13.5. The van der Waals surface area contributed by atoms with Crippen LogP contribution >= 0.6 is 0 Å². The van der Waals surface area contributed by atoms with Gasteiger partial charge in [-0.15, -0.1) is 0 Å². The van der Waals surface area contributed by atoms with Gasteiger partial charge in [-0.3, -0.25) is 14.5 Å². The number of carbonyl (C=O) groups is 2. The van der Waals surface area contributed by atoms with Crippen LogP contribution in [0.4, 0.5) is 18.9 Å². The van der Waals surface area contributed by atoms with Crippen molar-refractivity contribution in [2.75, 3.05) is 4.90 Å². The molecule has 1 heterocycles. The van der Waals surface area contributed by atoms with Gasteiger partial charge in [0.25, 0.3) is 11.7 Å². The number of nitrogens with zero attached hydrogens (tertiary/aromatic N) is 1. The summed E-state index contributed by atoms with van der Waals surface area (Å²) in [6, 6.07) is 13.7. The maximum Gasteiger partial charge on any atom is 0.300 e. The highest BCUT2D eigenvalue weighted by Gasteiger charge is 2.46. The van der Waals surface area contributed by atoms with Crippen LogP contribution in [-0.4, -0.2) is 16.8 Å². The average molecular weight is 409 g/mol.